The zero-order valence-corrected chi connectivity index (χ0v) is 15.0. The Kier molecular flexibility index (Phi) is 5.06. The number of carbonyl (C=O) groups excluding carboxylic acids is 1. The third kappa shape index (κ3) is 3.98. The molecule has 134 valence electrons. The summed E-state index contributed by atoms with van der Waals surface area (Å²) in [5.74, 6) is -2.20. The molecule has 0 saturated carbocycles. The van der Waals surface area contributed by atoms with E-state index in [0.29, 0.717) is 34.4 Å². The van der Waals surface area contributed by atoms with Crippen molar-refractivity contribution in [3.8, 4) is 0 Å². The van der Waals surface area contributed by atoms with Gasteiger partial charge in [-0.05, 0) is 31.0 Å². The largest absolute Gasteiger partial charge is 0.470 e. The topological polar surface area (TPSA) is 59.2 Å². The molecule has 2 heterocycles. The van der Waals surface area contributed by atoms with E-state index < -0.39 is 18.0 Å². The zero-order valence-electron chi connectivity index (χ0n) is 12.7. The first kappa shape index (κ1) is 18.2. The Hall–Kier alpha value is -1.61. The van der Waals surface area contributed by atoms with Crippen molar-refractivity contribution in [1.82, 2.24) is 15.1 Å². The van der Waals surface area contributed by atoms with E-state index in [4.69, 9.17) is 16.0 Å². The van der Waals surface area contributed by atoms with Gasteiger partial charge in [-0.15, -0.1) is 10.2 Å². The lowest BCUT2D eigenvalue weighted by Crippen LogP contribution is -2.39. The van der Waals surface area contributed by atoms with Gasteiger partial charge in [-0.1, -0.05) is 27.5 Å². The van der Waals surface area contributed by atoms with Gasteiger partial charge in [0.15, 0.2) is 0 Å². The zero-order chi connectivity index (χ0) is 18.2. The third-order valence-corrected chi connectivity index (χ3v) is 4.72. The summed E-state index contributed by atoms with van der Waals surface area (Å²) in [6.07, 6.45) is -3.50. The van der Waals surface area contributed by atoms with Crippen molar-refractivity contribution in [3.05, 3.63) is 45.0 Å². The SMILES string of the molecule is O=C(c1cc(Br)ccc1Cl)N1CCCC(c2nnc(C(F)(F)F)o2)C1. The first-order valence-electron chi connectivity index (χ1n) is 7.40. The van der Waals surface area contributed by atoms with Crippen LogP contribution in [0.3, 0.4) is 0 Å². The standard InChI is InChI=1S/C15H12BrClF3N3O2/c16-9-3-4-11(17)10(6-9)13(24)23-5-1-2-8(7-23)12-21-22-14(25-12)15(18,19)20/h3-4,6,8H,1-2,5,7H2. The predicted octanol–water partition coefficient (Wildman–Crippen LogP) is 4.52. The summed E-state index contributed by atoms with van der Waals surface area (Å²) in [7, 11) is 0. The fourth-order valence-corrected chi connectivity index (χ4v) is 3.27. The number of aromatic nitrogens is 2. The normalized spacial score (nSPS) is 18.4. The second kappa shape index (κ2) is 6.95. The van der Waals surface area contributed by atoms with E-state index in [1.165, 1.54) is 0 Å². The molecule has 5 nitrogen and oxygen atoms in total. The molecule has 0 bridgehead atoms. The first-order valence-corrected chi connectivity index (χ1v) is 8.57. The number of nitrogens with zero attached hydrogens (tertiary/aromatic N) is 3. The monoisotopic (exact) mass is 437 g/mol. The van der Waals surface area contributed by atoms with Crippen molar-refractivity contribution >= 4 is 33.4 Å². The van der Waals surface area contributed by atoms with Gasteiger partial charge < -0.3 is 9.32 Å². The number of hydrogen-bond donors (Lipinski definition) is 0. The number of likely N-dealkylation sites (tertiary alicyclic amines) is 1. The molecule has 1 aromatic heterocycles. The molecular formula is C15H12BrClF3N3O2. The number of hydrogen-bond acceptors (Lipinski definition) is 4. The molecule has 25 heavy (non-hydrogen) atoms. The van der Waals surface area contributed by atoms with Crippen molar-refractivity contribution in [1.29, 1.82) is 0 Å². The maximum absolute atomic E-state index is 12.7. The lowest BCUT2D eigenvalue weighted by atomic mass is 9.97. The van der Waals surface area contributed by atoms with E-state index in [1.54, 1.807) is 23.1 Å². The Balaban J connectivity index is 1.78. The number of amides is 1. The second-order valence-electron chi connectivity index (χ2n) is 5.66. The molecule has 1 amide bonds. The minimum Gasteiger partial charge on any atom is -0.417 e. The Morgan fingerprint density at radius 2 is 2.12 bits per heavy atom. The maximum Gasteiger partial charge on any atom is 0.470 e. The molecule has 0 aliphatic carbocycles. The molecule has 0 spiro atoms. The molecule has 1 atom stereocenters. The molecule has 0 radical (unpaired) electrons. The van der Waals surface area contributed by atoms with Crippen LogP contribution in [0.4, 0.5) is 13.2 Å². The quantitative estimate of drug-likeness (QED) is 0.691. The number of alkyl halides is 3. The Labute approximate surface area is 154 Å². The van der Waals surface area contributed by atoms with Crippen molar-refractivity contribution < 1.29 is 22.4 Å². The summed E-state index contributed by atoms with van der Waals surface area (Å²) in [5, 5.41) is 6.85. The lowest BCUT2D eigenvalue weighted by molar-refractivity contribution is -0.157. The van der Waals surface area contributed by atoms with Crippen LogP contribution in [0.25, 0.3) is 0 Å². The van der Waals surface area contributed by atoms with Crippen LogP contribution in [0.2, 0.25) is 5.02 Å². The van der Waals surface area contributed by atoms with E-state index in [-0.39, 0.29) is 18.3 Å². The highest BCUT2D eigenvalue weighted by atomic mass is 79.9. The number of rotatable bonds is 2. The van der Waals surface area contributed by atoms with Gasteiger partial charge in [-0.25, -0.2) is 0 Å². The van der Waals surface area contributed by atoms with Gasteiger partial charge >= 0.3 is 12.1 Å². The molecule has 1 aliphatic rings. The van der Waals surface area contributed by atoms with Crippen molar-refractivity contribution in [2.75, 3.05) is 13.1 Å². The highest BCUT2D eigenvalue weighted by Crippen LogP contribution is 2.33. The highest BCUT2D eigenvalue weighted by Gasteiger charge is 2.39. The number of halogens is 5. The molecular weight excluding hydrogens is 427 g/mol. The fourth-order valence-electron chi connectivity index (χ4n) is 2.71. The van der Waals surface area contributed by atoms with E-state index in [0.717, 1.165) is 0 Å². The number of piperidine rings is 1. The van der Waals surface area contributed by atoms with E-state index >= 15 is 0 Å². The first-order chi connectivity index (χ1) is 11.8. The van der Waals surface area contributed by atoms with Crippen LogP contribution in [-0.2, 0) is 6.18 Å². The minimum absolute atomic E-state index is 0.106. The van der Waals surface area contributed by atoms with E-state index in [9.17, 15) is 18.0 Å². The van der Waals surface area contributed by atoms with Crippen LogP contribution in [0.5, 0.6) is 0 Å². The van der Waals surface area contributed by atoms with E-state index in [1.807, 2.05) is 0 Å². The Morgan fingerprint density at radius 3 is 2.80 bits per heavy atom. The van der Waals surface area contributed by atoms with Gasteiger partial charge in [0, 0.05) is 17.6 Å². The third-order valence-electron chi connectivity index (χ3n) is 3.90. The molecule has 1 saturated heterocycles. The van der Waals surface area contributed by atoms with Crippen LogP contribution in [0.1, 0.15) is 40.9 Å². The Morgan fingerprint density at radius 1 is 1.36 bits per heavy atom. The highest BCUT2D eigenvalue weighted by molar-refractivity contribution is 9.10. The summed E-state index contributed by atoms with van der Waals surface area (Å²) in [6.45, 7) is 0.680. The van der Waals surface area contributed by atoms with Crippen LogP contribution in [-0.4, -0.2) is 34.1 Å². The molecule has 1 aromatic carbocycles. The molecule has 10 heteroatoms. The predicted molar refractivity (Wildman–Crippen MR) is 86.3 cm³/mol. The summed E-state index contributed by atoms with van der Waals surface area (Å²) in [5.41, 5.74) is 0.332. The van der Waals surface area contributed by atoms with E-state index in [2.05, 4.69) is 26.1 Å². The minimum atomic E-state index is -4.68. The van der Waals surface area contributed by atoms with Gasteiger partial charge in [0.1, 0.15) is 0 Å². The number of benzene rings is 1. The number of carbonyl (C=O) groups is 1. The summed E-state index contributed by atoms with van der Waals surface area (Å²) in [4.78, 5) is 14.2. The molecule has 2 aromatic rings. The van der Waals surface area contributed by atoms with Crippen LogP contribution in [0.15, 0.2) is 27.1 Å². The average molecular weight is 439 g/mol. The lowest BCUT2D eigenvalue weighted by Gasteiger charge is -2.31. The molecule has 3 rings (SSSR count). The van der Waals surface area contributed by atoms with Crippen molar-refractivity contribution in [2.45, 2.75) is 24.9 Å². The van der Waals surface area contributed by atoms with Gasteiger partial charge in [0.25, 0.3) is 5.91 Å². The average Bonchev–Trinajstić information content (AvgIpc) is 3.07. The van der Waals surface area contributed by atoms with Crippen LogP contribution < -0.4 is 0 Å². The van der Waals surface area contributed by atoms with Crippen molar-refractivity contribution in [2.24, 2.45) is 0 Å². The molecule has 1 fully saturated rings. The summed E-state index contributed by atoms with van der Waals surface area (Å²) >= 11 is 9.37. The smallest absolute Gasteiger partial charge is 0.417 e. The van der Waals surface area contributed by atoms with Gasteiger partial charge in [0.2, 0.25) is 5.89 Å². The Bertz CT molecular complexity index is 797. The fraction of sp³-hybridized carbons (Fsp3) is 0.400. The molecule has 1 unspecified atom stereocenters. The molecule has 1 aliphatic heterocycles. The van der Waals surface area contributed by atoms with Crippen LogP contribution in [0, 0.1) is 0 Å². The summed E-state index contributed by atoms with van der Waals surface area (Å²) in [6, 6.07) is 4.94. The summed E-state index contributed by atoms with van der Waals surface area (Å²) < 4.78 is 43.2. The van der Waals surface area contributed by atoms with Gasteiger partial charge in [-0.2, -0.15) is 13.2 Å². The maximum atomic E-state index is 12.7. The van der Waals surface area contributed by atoms with Gasteiger partial charge in [0.05, 0.1) is 16.5 Å². The van der Waals surface area contributed by atoms with Crippen LogP contribution >= 0.6 is 27.5 Å². The van der Waals surface area contributed by atoms with Gasteiger partial charge in [-0.3, -0.25) is 4.79 Å². The van der Waals surface area contributed by atoms with Crippen molar-refractivity contribution in [3.63, 3.8) is 0 Å². The molecule has 0 N–H and O–H groups in total. The second-order valence-corrected chi connectivity index (χ2v) is 6.98.